The predicted octanol–water partition coefficient (Wildman–Crippen LogP) is 5.74. The summed E-state index contributed by atoms with van der Waals surface area (Å²) >= 11 is 6.05. The maximum atomic E-state index is 12.4. The van der Waals surface area contributed by atoms with Gasteiger partial charge in [-0.25, -0.2) is 4.79 Å². The molecule has 6 heteroatoms. The molecule has 0 aromatic heterocycles. The third-order valence-electron chi connectivity index (χ3n) is 4.47. The number of carbonyl (C=O) groups is 1. The molecule has 0 bridgehead atoms. The van der Waals surface area contributed by atoms with Crippen molar-refractivity contribution in [2.24, 2.45) is 0 Å². The highest BCUT2D eigenvalue weighted by Gasteiger charge is 2.45. The molecule has 0 fully saturated rings. The highest BCUT2D eigenvalue weighted by Crippen LogP contribution is 2.45. The maximum absolute atomic E-state index is 12.4. The molecule has 0 amide bonds. The lowest BCUT2D eigenvalue weighted by Gasteiger charge is -2.43. The van der Waals surface area contributed by atoms with Crippen LogP contribution in [0, 0.1) is 0 Å². The van der Waals surface area contributed by atoms with Crippen LogP contribution in [0.25, 0.3) is 5.76 Å². The molecule has 0 aliphatic carbocycles. The van der Waals surface area contributed by atoms with E-state index in [9.17, 15) is 4.79 Å². The van der Waals surface area contributed by atoms with E-state index in [2.05, 4.69) is 19.6 Å². The Morgan fingerprint density at radius 1 is 1.07 bits per heavy atom. The first-order chi connectivity index (χ1) is 13.2. The van der Waals surface area contributed by atoms with E-state index in [0.717, 1.165) is 11.1 Å². The molecule has 2 aromatic rings. The van der Waals surface area contributed by atoms with Crippen LogP contribution in [0.4, 0.5) is 0 Å². The highest BCUT2D eigenvalue weighted by atomic mass is 35.5. The van der Waals surface area contributed by atoms with Crippen LogP contribution in [0.2, 0.25) is 24.7 Å². The first kappa shape index (κ1) is 20.6. The number of rotatable bonds is 5. The molecule has 1 aliphatic heterocycles. The van der Waals surface area contributed by atoms with Crippen molar-refractivity contribution in [3.05, 3.63) is 76.3 Å². The van der Waals surface area contributed by atoms with Gasteiger partial charge in [0, 0.05) is 22.6 Å². The average molecular weight is 417 g/mol. The van der Waals surface area contributed by atoms with Gasteiger partial charge >= 0.3 is 5.97 Å². The number of hydrogen-bond acceptors (Lipinski definition) is 4. The van der Waals surface area contributed by atoms with Gasteiger partial charge in [0.15, 0.2) is 8.32 Å². The molecule has 0 radical (unpaired) electrons. The lowest BCUT2D eigenvalue weighted by atomic mass is 9.92. The van der Waals surface area contributed by atoms with E-state index in [1.807, 2.05) is 42.5 Å². The summed E-state index contributed by atoms with van der Waals surface area (Å²) in [6.07, 6.45) is 1.02. The summed E-state index contributed by atoms with van der Waals surface area (Å²) < 4.78 is 18.1. The van der Waals surface area contributed by atoms with Gasteiger partial charge in [0.2, 0.25) is 5.79 Å². The van der Waals surface area contributed by atoms with Crippen molar-refractivity contribution in [1.29, 1.82) is 0 Å². The van der Waals surface area contributed by atoms with E-state index in [4.69, 9.17) is 25.5 Å². The number of ether oxygens (including phenoxy) is 2. The van der Waals surface area contributed by atoms with Gasteiger partial charge in [-0.15, -0.1) is 0 Å². The van der Waals surface area contributed by atoms with E-state index in [0.29, 0.717) is 29.2 Å². The van der Waals surface area contributed by atoms with Crippen molar-refractivity contribution >= 4 is 31.6 Å². The molecular formula is C22H25ClO4Si. The Labute approximate surface area is 172 Å². The number of halogens is 1. The summed E-state index contributed by atoms with van der Waals surface area (Å²) in [5, 5.41) is 0.618. The number of carbonyl (C=O) groups excluding carboxylic acids is 1. The van der Waals surface area contributed by atoms with Gasteiger partial charge in [-0.3, -0.25) is 0 Å². The molecule has 2 aromatic carbocycles. The van der Waals surface area contributed by atoms with Crippen LogP contribution in [-0.4, -0.2) is 21.4 Å². The Hall–Kier alpha value is -2.08. The van der Waals surface area contributed by atoms with Crippen LogP contribution in [0.15, 0.2) is 60.2 Å². The van der Waals surface area contributed by atoms with Crippen LogP contribution in [-0.2, 0) is 24.5 Å². The fourth-order valence-corrected chi connectivity index (χ4v) is 4.73. The standard InChI is InChI=1S/C22H25ClO4Si/c1-25-21(24)19-14-15-22(27-28(2,3)4,17-8-6-5-7-9-17)26-20(19)16-10-12-18(23)13-11-16/h5-13H,14-15H2,1-4H3. The van der Waals surface area contributed by atoms with Crippen LogP contribution < -0.4 is 0 Å². The van der Waals surface area contributed by atoms with Crippen molar-refractivity contribution in [3.63, 3.8) is 0 Å². The number of esters is 1. The smallest absolute Gasteiger partial charge is 0.337 e. The van der Waals surface area contributed by atoms with Gasteiger partial charge in [0.05, 0.1) is 12.7 Å². The third-order valence-corrected chi connectivity index (χ3v) is 5.66. The minimum atomic E-state index is -1.98. The third kappa shape index (κ3) is 4.49. The Morgan fingerprint density at radius 3 is 2.29 bits per heavy atom. The first-order valence-corrected chi connectivity index (χ1v) is 13.0. The van der Waals surface area contributed by atoms with Gasteiger partial charge in [0.1, 0.15) is 5.76 Å². The predicted molar refractivity (Wildman–Crippen MR) is 113 cm³/mol. The fourth-order valence-electron chi connectivity index (χ4n) is 3.35. The molecule has 0 saturated carbocycles. The van der Waals surface area contributed by atoms with Gasteiger partial charge in [-0.1, -0.05) is 41.9 Å². The number of benzene rings is 2. The summed E-state index contributed by atoms with van der Waals surface area (Å²) in [5.74, 6) is -0.852. The minimum Gasteiger partial charge on any atom is -0.466 e. The Bertz CT molecular complexity index is 872. The Balaban J connectivity index is 2.13. The summed E-state index contributed by atoms with van der Waals surface area (Å²) in [6.45, 7) is 6.38. The molecule has 28 heavy (non-hydrogen) atoms. The zero-order chi connectivity index (χ0) is 20.4. The Morgan fingerprint density at radius 2 is 1.71 bits per heavy atom. The van der Waals surface area contributed by atoms with Crippen LogP contribution >= 0.6 is 11.6 Å². The van der Waals surface area contributed by atoms with E-state index < -0.39 is 14.1 Å². The van der Waals surface area contributed by atoms with E-state index >= 15 is 0 Å². The summed E-state index contributed by atoms with van der Waals surface area (Å²) in [7, 11) is -0.600. The first-order valence-electron chi connectivity index (χ1n) is 9.26. The fraction of sp³-hybridized carbons (Fsp3) is 0.318. The molecule has 0 spiro atoms. The summed E-state index contributed by atoms with van der Waals surface area (Å²) in [6, 6.07) is 17.1. The molecule has 3 rings (SSSR count). The van der Waals surface area contributed by atoms with Crippen molar-refractivity contribution in [1.82, 2.24) is 0 Å². The molecular weight excluding hydrogens is 392 g/mol. The van der Waals surface area contributed by atoms with Crippen molar-refractivity contribution in [2.75, 3.05) is 7.11 Å². The van der Waals surface area contributed by atoms with E-state index in [-0.39, 0.29) is 5.97 Å². The van der Waals surface area contributed by atoms with Gasteiger partial charge < -0.3 is 13.9 Å². The molecule has 148 valence electrons. The zero-order valence-electron chi connectivity index (χ0n) is 16.6. The lowest BCUT2D eigenvalue weighted by molar-refractivity contribution is -0.163. The molecule has 1 unspecified atom stereocenters. The van der Waals surface area contributed by atoms with E-state index in [1.165, 1.54) is 7.11 Å². The molecule has 0 N–H and O–H groups in total. The monoisotopic (exact) mass is 416 g/mol. The van der Waals surface area contributed by atoms with Gasteiger partial charge in [-0.2, -0.15) is 0 Å². The molecule has 4 nitrogen and oxygen atoms in total. The second-order valence-electron chi connectivity index (χ2n) is 7.74. The SMILES string of the molecule is COC(=O)C1=C(c2ccc(Cl)cc2)OC(O[Si](C)(C)C)(c2ccccc2)CC1. The number of methoxy groups -OCH3 is 1. The second kappa shape index (κ2) is 8.11. The summed E-state index contributed by atoms with van der Waals surface area (Å²) in [5.41, 5.74) is 2.22. The number of hydrogen-bond donors (Lipinski definition) is 0. The maximum Gasteiger partial charge on any atom is 0.337 e. The molecule has 0 saturated heterocycles. The topological polar surface area (TPSA) is 44.8 Å². The van der Waals surface area contributed by atoms with Gasteiger partial charge in [0.25, 0.3) is 0 Å². The molecule has 1 atom stereocenters. The van der Waals surface area contributed by atoms with Crippen molar-refractivity contribution < 1.29 is 18.7 Å². The quantitative estimate of drug-likeness (QED) is 0.460. The van der Waals surface area contributed by atoms with Crippen molar-refractivity contribution in [2.45, 2.75) is 38.3 Å². The van der Waals surface area contributed by atoms with E-state index in [1.54, 1.807) is 12.1 Å². The highest BCUT2D eigenvalue weighted by molar-refractivity contribution is 6.69. The van der Waals surface area contributed by atoms with Crippen LogP contribution in [0.1, 0.15) is 24.0 Å². The van der Waals surface area contributed by atoms with Crippen LogP contribution in [0.5, 0.6) is 0 Å². The van der Waals surface area contributed by atoms with Crippen LogP contribution in [0.3, 0.4) is 0 Å². The largest absolute Gasteiger partial charge is 0.466 e. The second-order valence-corrected chi connectivity index (χ2v) is 12.6. The van der Waals surface area contributed by atoms with Gasteiger partial charge in [-0.05, 0) is 50.3 Å². The normalized spacial score (nSPS) is 19.9. The zero-order valence-corrected chi connectivity index (χ0v) is 18.4. The van der Waals surface area contributed by atoms with Crippen molar-refractivity contribution in [3.8, 4) is 0 Å². The Kier molecular flexibility index (Phi) is 5.98. The molecule has 1 heterocycles. The average Bonchev–Trinajstić information content (AvgIpc) is 2.67. The molecule has 1 aliphatic rings. The lowest BCUT2D eigenvalue weighted by Crippen LogP contribution is -2.44. The summed E-state index contributed by atoms with van der Waals surface area (Å²) in [4.78, 5) is 12.4. The minimum absolute atomic E-state index is 0.389.